The van der Waals surface area contributed by atoms with Crippen molar-refractivity contribution in [1.29, 1.82) is 0 Å². The molecule has 0 saturated carbocycles. The van der Waals surface area contributed by atoms with Crippen LogP contribution in [0.2, 0.25) is 0 Å². The summed E-state index contributed by atoms with van der Waals surface area (Å²) in [4.78, 5) is 38.2. The molecule has 2 aromatic rings. The lowest BCUT2D eigenvalue weighted by Gasteiger charge is -2.22. The number of aromatic nitrogens is 3. The van der Waals surface area contributed by atoms with Crippen LogP contribution in [0.5, 0.6) is 0 Å². The lowest BCUT2D eigenvalue weighted by atomic mass is 10.2. The van der Waals surface area contributed by atoms with Gasteiger partial charge in [-0.2, -0.15) is 0 Å². The van der Waals surface area contributed by atoms with E-state index >= 15 is 0 Å². The highest BCUT2D eigenvalue weighted by Gasteiger charge is 2.30. The number of fused-ring (bicyclic) bond motifs is 1. The minimum atomic E-state index is -0.0200. The number of carbonyl (C=O) groups excluding carboxylic acids is 1. The Bertz CT molecular complexity index is 899. The second-order valence-corrected chi connectivity index (χ2v) is 6.68. The zero-order chi connectivity index (χ0) is 17.6. The van der Waals surface area contributed by atoms with Crippen LogP contribution in [-0.2, 0) is 20.1 Å². The fraction of sp³-hybridized carbons (Fsp3) is 0.444. The van der Waals surface area contributed by atoms with Crippen molar-refractivity contribution in [2.75, 3.05) is 18.0 Å². The molecule has 2 aliphatic rings. The van der Waals surface area contributed by atoms with Crippen molar-refractivity contribution < 1.29 is 4.79 Å². The van der Waals surface area contributed by atoms with E-state index in [0.29, 0.717) is 35.9 Å². The smallest absolute Gasteiger partial charge is 0.258 e. The van der Waals surface area contributed by atoms with Crippen molar-refractivity contribution >= 4 is 11.7 Å². The van der Waals surface area contributed by atoms with E-state index in [1.165, 1.54) is 0 Å². The summed E-state index contributed by atoms with van der Waals surface area (Å²) in [5.74, 6) is 1.35. The van der Waals surface area contributed by atoms with Crippen molar-refractivity contribution in [3.63, 3.8) is 0 Å². The largest absolute Gasteiger partial charge is 0.345 e. The van der Waals surface area contributed by atoms with Gasteiger partial charge in [0.05, 0.1) is 29.9 Å². The number of hydrogen-bond donors (Lipinski definition) is 0. The van der Waals surface area contributed by atoms with Crippen LogP contribution in [0.3, 0.4) is 0 Å². The van der Waals surface area contributed by atoms with Gasteiger partial charge in [-0.15, -0.1) is 0 Å². The lowest BCUT2D eigenvalue weighted by molar-refractivity contribution is 0.0793. The summed E-state index contributed by atoms with van der Waals surface area (Å²) in [7, 11) is 1.73. The Morgan fingerprint density at radius 2 is 1.96 bits per heavy atom. The Morgan fingerprint density at radius 3 is 2.72 bits per heavy atom. The lowest BCUT2D eigenvalue weighted by Crippen LogP contribution is -2.30. The van der Waals surface area contributed by atoms with Crippen LogP contribution in [0.4, 0.5) is 5.82 Å². The van der Waals surface area contributed by atoms with E-state index in [9.17, 15) is 9.59 Å². The van der Waals surface area contributed by atoms with Crippen LogP contribution in [-0.4, -0.2) is 38.4 Å². The Morgan fingerprint density at radius 1 is 1.20 bits per heavy atom. The second kappa shape index (κ2) is 5.98. The molecule has 0 aliphatic carbocycles. The summed E-state index contributed by atoms with van der Waals surface area (Å²) in [6, 6.07) is 3.61. The highest BCUT2D eigenvalue weighted by atomic mass is 16.2. The number of rotatable bonds is 2. The van der Waals surface area contributed by atoms with E-state index in [0.717, 1.165) is 31.6 Å². The van der Waals surface area contributed by atoms with Crippen LogP contribution < -0.4 is 10.5 Å². The third-order valence-corrected chi connectivity index (χ3v) is 5.09. The number of anilines is 1. The summed E-state index contributed by atoms with van der Waals surface area (Å²) in [5, 5.41) is 0. The maximum Gasteiger partial charge on any atom is 0.258 e. The average molecular weight is 339 g/mol. The molecule has 0 bridgehead atoms. The zero-order valence-corrected chi connectivity index (χ0v) is 14.5. The van der Waals surface area contributed by atoms with Gasteiger partial charge in [-0.3, -0.25) is 14.2 Å². The maximum absolute atomic E-state index is 12.9. The monoisotopic (exact) mass is 339 g/mol. The van der Waals surface area contributed by atoms with Crippen LogP contribution in [0.25, 0.3) is 0 Å². The van der Waals surface area contributed by atoms with E-state index in [2.05, 4.69) is 9.97 Å². The molecule has 0 atom stereocenters. The molecule has 0 aromatic carbocycles. The number of hydrogen-bond acceptors (Lipinski definition) is 5. The highest BCUT2D eigenvalue weighted by molar-refractivity contribution is 5.99. The summed E-state index contributed by atoms with van der Waals surface area (Å²) < 4.78 is 1.57. The first-order valence-corrected chi connectivity index (χ1v) is 8.61. The molecule has 0 unspecified atom stereocenters. The maximum atomic E-state index is 12.9. The summed E-state index contributed by atoms with van der Waals surface area (Å²) in [6.45, 7) is 4.37. The fourth-order valence-corrected chi connectivity index (χ4v) is 3.58. The van der Waals surface area contributed by atoms with Crippen molar-refractivity contribution in [1.82, 2.24) is 19.4 Å². The Kier molecular flexibility index (Phi) is 3.78. The fourth-order valence-electron chi connectivity index (χ4n) is 3.58. The van der Waals surface area contributed by atoms with Crippen LogP contribution in [0, 0.1) is 6.92 Å². The van der Waals surface area contributed by atoms with E-state index in [1.54, 1.807) is 23.9 Å². The molecule has 4 heterocycles. The molecule has 2 aliphatic heterocycles. The van der Waals surface area contributed by atoms with Crippen molar-refractivity contribution in [3.8, 4) is 0 Å². The highest BCUT2D eigenvalue weighted by Crippen LogP contribution is 2.28. The molecule has 0 spiro atoms. The minimum Gasteiger partial charge on any atom is -0.345 e. The molecule has 1 amide bonds. The first-order chi connectivity index (χ1) is 12.1. The number of nitrogens with zero attached hydrogens (tertiary/aromatic N) is 5. The third kappa shape index (κ3) is 2.59. The standard InChI is InChI=1S/C18H21N5O2/c1-12-20-15-11-23(10-14(15)17(24)21(12)2)16-13(6-5-7-19-16)18(25)22-8-3-4-9-22/h5-7H,3-4,8-11H2,1-2H3. The van der Waals surface area contributed by atoms with Crippen molar-refractivity contribution in [3.05, 3.63) is 51.3 Å². The van der Waals surface area contributed by atoms with E-state index in [1.807, 2.05) is 22.8 Å². The third-order valence-electron chi connectivity index (χ3n) is 5.09. The summed E-state index contributed by atoms with van der Waals surface area (Å²) in [5.41, 5.74) is 2.06. The molecule has 2 aromatic heterocycles. The number of pyridine rings is 1. The van der Waals surface area contributed by atoms with Gasteiger partial charge in [0, 0.05) is 26.3 Å². The summed E-state index contributed by atoms with van der Waals surface area (Å²) in [6.07, 6.45) is 3.79. The van der Waals surface area contributed by atoms with Crippen molar-refractivity contribution in [2.45, 2.75) is 32.9 Å². The molecular weight excluding hydrogens is 318 g/mol. The average Bonchev–Trinajstić information content (AvgIpc) is 3.29. The number of aryl methyl sites for hydroxylation is 1. The van der Waals surface area contributed by atoms with Gasteiger partial charge in [0.15, 0.2) is 0 Å². The normalized spacial score (nSPS) is 16.4. The van der Waals surface area contributed by atoms with Crippen LogP contribution in [0.1, 0.15) is 40.3 Å². The molecule has 25 heavy (non-hydrogen) atoms. The molecule has 130 valence electrons. The molecule has 0 radical (unpaired) electrons. The first kappa shape index (κ1) is 15.8. The second-order valence-electron chi connectivity index (χ2n) is 6.68. The zero-order valence-electron chi connectivity index (χ0n) is 14.5. The Labute approximate surface area is 145 Å². The topological polar surface area (TPSA) is 71.3 Å². The number of likely N-dealkylation sites (tertiary alicyclic amines) is 1. The first-order valence-electron chi connectivity index (χ1n) is 8.61. The van der Waals surface area contributed by atoms with E-state index in [4.69, 9.17) is 0 Å². The minimum absolute atomic E-state index is 0.0200. The van der Waals surface area contributed by atoms with Gasteiger partial charge in [-0.25, -0.2) is 9.97 Å². The number of amides is 1. The predicted octanol–water partition coefficient (Wildman–Crippen LogP) is 1.24. The van der Waals surface area contributed by atoms with Gasteiger partial charge in [0.25, 0.3) is 11.5 Å². The quantitative estimate of drug-likeness (QED) is 0.823. The van der Waals surface area contributed by atoms with Gasteiger partial charge < -0.3 is 9.80 Å². The molecule has 1 fully saturated rings. The Balaban J connectivity index is 1.69. The molecule has 7 heteroatoms. The molecule has 0 N–H and O–H groups in total. The predicted molar refractivity (Wildman–Crippen MR) is 93.5 cm³/mol. The van der Waals surface area contributed by atoms with Gasteiger partial charge in [-0.05, 0) is 31.9 Å². The molecule has 1 saturated heterocycles. The van der Waals surface area contributed by atoms with Gasteiger partial charge >= 0.3 is 0 Å². The Hall–Kier alpha value is -2.70. The van der Waals surface area contributed by atoms with Crippen LogP contribution >= 0.6 is 0 Å². The molecular formula is C18H21N5O2. The van der Waals surface area contributed by atoms with Crippen molar-refractivity contribution in [2.24, 2.45) is 7.05 Å². The summed E-state index contributed by atoms with van der Waals surface area (Å²) >= 11 is 0. The molecule has 4 rings (SSSR count). The van der Waals surface area contributed by atoms with Crippen LogP contribution in [0.15, 0.2) is 23.1 Å². The van der Waals surface area contributed by atoms with E-state index < -0.39 is 0 Å². The van der Waals surface area contributed by atoms with Gasteiger partial charge in [0.2, 0.25) is 0 Å². The van der Waals surface area contributed by atoms with Gasteiger partial charge in [0.1, 0.15) is 11.6 Å². The molecule has 7 nitrogen and oxygen atoms in total. The number of carbonyl (C=O) groups is 1. The van der Waals surface area contributed by atoms with E-state index in [-0.39, 0.29) is 11.5 Å². The SMILES string of the molecule is Cc1nc2c(c(=O)n1C)CN(c1ncccc1C(=O)N1CCCC1)C2. The van der Waals surface area contributed by atoms with Gasteiger partial charge in [-0.1, -0.05) is 0 Å².